The van der Waals surface area contributed by atoms with Crippen LogP contribution < -0.4 is 5.32 Å². The molecule has 5 nitrogen and oxygen atoms in total. The van der Waals surface area contributed by atoms with E-state index in [9.17, 15) is 9.18 Å². The molecular weight excluding hydrogens is 345 g/mol. The number of aromatic nitrogens is 1. The summed E-state index contributed by atoms with van der Waals surface area (Å²) < 4.78 is 21.1. The zero-order valence-electron chi connectivity index (χ0n) is 15.2. The number of benzene rings is 2. The van der Waals surface area contributed by atoms with Gasteiger partial charge < -0.3 is 14.6 Å². The van der Waals surface area contributed by atoms with E-state index >= 15 is 0 Å². The second-order valence-corrected chi connectivity index (χ2v) is 6.80. The fourth-order valence-corrected chi connectivity index (χ4v) is 3.50. The molecule has 0 spiro atoms. The topological polar surface area (TPSA) is 46.5 Å². The van der Waals surface area contributed by atoms with Crippen LogP contribution in [0.15, 0.2) is 48.5 Å². The Balaban J connectivity index is 1.52. The smallest absolute Gasteiger partial charge is 0.272 e. The van der Waals surface area contributed by atoms with E-state index in [4.69, 9.17) is 4.74 Å². The average Bonchev–Trinajstić information content (AvgIpc) is 3.01. The normalized spacial score (nSPS) is 15.2. The number of morpholine rings is 1. The van der Waals surface area contributed by atoms with Crippen LogP contribution >= 0.6 is 0 Å². The Morgan fingerprint density at radius 1 is 1.15 bits per heavy atom. The van der Waals surface area contributed by atoms with E-state index in [0.717, 1.165) is 44.1 Å². The number of rotatable bonds is 4. The average molecular weight is 367 g/mol. The molecule has 1 amide bonds. The quantitative estimate of drug-likeness (QED) is 0.769. The lowest BCUT2D eigenvalue weighted by atomic mass is 10.1. The highest BCUT2D eigenvalue weighted by Gasteiger charge is 2.16. The second kappa shape index (κ2) is 7.50. The summed E-state index contributed by atoms with van der Waals surface area (Å²) in [4.78, 5) is 15.1. The summed E-state index contributed by atoms with van der Waals surface area (Å²) in [5.74, 6) is -0.578. The van der Waals surface area contributed by atoms with Crippen molar-refractivity contribution >= 4 is 22.5 Å². The molecule has 1 aliphatic heterocycles. The molecule has 1 aliphatic rings. The third-order valence-corrected chi connectivity index (χ3v) is 4.96. The van der Waals surface area contributed by atoms with Crippen LogP contribution in [0.4, 0.5) is 10.1 Å². The van der Waals surface area contributed by atoms with Crippen LogP contribution in [0.25, 0.3) is 10.9 Å². The van der Waals surface area contributed by atoms with Crippen LogP contribution in [0.1, 0.15) is 16.1 Å². The lowest BCUT2D eigenvalue weighted by Gasteiger charge is -2.26. The van der Waals surface area contributed by atoms with Gasteiger partial charge in [-0.15, -0.1) is 0 Å². The van der Waals surface area contributed by atoms with Gasteiger partial charge in [0.15, 0.2) is 0 Å². The molecule has 2 aromatic carbocycles. The number of carbonyl (C=O) groups is 1. The number of halogens is 1. The summed E-state index contributed by atoms with van der Waals surface area (Å²) in [7, 11) is 1.77. The Kier molecular flexibility index (Phi) is 4.92. The molecule has 1 saturated heterocycles. The molecule has 0 bridgehead atoms. The number of hydrogen-bond acceptors (Lipinski definition) is 3. The maximum absolute atomic E-state index is 14.0. The van der Waals surface area contributed by atoms with Crippen LogP contribution in [0.2, 0.25) is 0 Å². The van der Waals surface area contributed by atoms with Crippen LogP contribution in [0.3, 0.4) is 0 Å². The summed E-state index contributed by atoms with van der Waals surface area (Å²) in [5.41, 5.74) is 2.99. The predicted octanol–water partition coefficient (Wildman–Crippen LogP) is 3.40. The van der Waals surface area contributed by atoms with Crippen LogP contribution in [0.5, 0.6) is 0 Å². The lowest BCUT2D eigenvalue weighted by molar-refractivity contribution is 0.0342. The Bertz CT molecular complexity index is 977. The third kappa shape index (κ3) is 3.72. The summed E-state index contributed by atoms with van der Waals surface area (Å²) in [6, 6.07) is 14.3. The van der Waals surface area contributed by atoms with Gasteiger partial charge >= 0.3 is 0 Å². The molecule has 6 heteroatoms. The van der Waals surface area contributed by atoms with Gasteiger partial charge in [-0.3, -0.25) is 9.69 Å². The number of aryl methyl sites for hydroxylation is 1. The monoisotopic (exact) mass is 367 g/mol. The van der Waals surface area contributed by atoms with E-state index < -0.39 is 0 Å². The summed E-state index contributed by atoms with van der Waals surface area (Å²) in [5, 5.41) is 3.38. The molecule has 0 radical (unpaired) electrons. The predicted molar refractivity (Wildman–Crippen MR) is 103 cm³/mol. The highest BCUT2D eigenvalue weighted by Crippen LogP contribution is 2.22. The fourth-order valence-electron chi connectivity index (χ4n) is 3.50. The van der Waals surface area contributed by atoms with Gasteiger partial charge in [-0.25, -0.2) is 4.39 Å². The molecule has 0 aliphatic carbocycles. The molecule has 2 heterocycles. The number of amides is 1. The minimum absolute atomic E-state index is 0.253. The van der Waals surface area contributed by atoms with E-state index in [0.29, 0.717) is 16.6 Å². The largest absolute Gasteiger partial charge is 0.379 e. The van der Waals surface area contributed by atoms with E-state index in [1.807, 2.05) is 18.2 Å². The maximum atomic E-state index is 14.0. The molecular formula is C21H22FN3O2. The molecule has 140 valence electrons. The minimum atomic E-state index is -0.324. The Labute approximate surface area is 157 Å². The zero-order chi connectivity index (χ0) is 18.8. The Hall–Kier alpha value is -2.70. The maximum Gasteiger partial charge on any atom is 0.272 e. The van der Waals surface area contributed by atoms with Crippen molar-refractivity contribution < 1.29 is 13.9 Å². The highest BCUT2D eigenvalue weighted by molar-refractivity contribution is 6.06. The molecule has 4 rings (SSSR count). The SMILES string of the molecule is Cn1c(C(=O)Nc2cccc(CN3CCOCC3)c2)cc2c(F)cccc21. The molecule has 1 N–H and O–H groups in total. The van der Waals surface area contributed by atoms with E-state index in [1.54, 1.807) is 29.8 Å². The van der Waals surface area contributed by atoms with Gasteiger partial charge in [0.25, 0.3) is 5.91 Å². The van der Waals surface area contributed by atoms with Gasteiger partial charge in [-0.1, -0.05) is 18.2 Å². The van der Waals surface area contributed by atoms with Gasteiger partial charge in [-0.2, -0.15) is 0 Å². The number of fused-ring (bicyclic) bond motifs is 1. The van der Waals surface area contributed by atoms with E-state index in [2.05, 4.69) is 16.3 Å². The van der Waals surface area contributed by atoms with Crippen molar-refractivity contribution in [1.82, 2.24) is 9.47 Å². The number of anilines is 1. The molecule has 0 saturated carbocycles. The summed E-state index contributed by atoms with van der Waals surface area (Å²) in [6.45, 7) is 4.17. The standard InChI is InChI=1S/C21H22FN3O2/c1-24-19-7-3-6-18(22)17(19)13-20(24)21(26)23-16-5-2-4-15(12-16)14-25-8-10-27-11-9-25/h2-7,12-13H,8-11,14H2,1H3,(H,23,26). The molecule has 0 unspecified atom stereocenters. The van der Waals surface area contributed by atoms with Crippen molar-refractivity contribution in [2.45, 2.75) is 6.54 Å². The first-order chi connectivity index (χ1) is 13.1. The Morgan fingerprint density at radius 2 is 1.93 bits per heavy atom. The summed E-state index contributed by atoms with van der Waals surface area (Å²) in [6.07, 6.45) is 0. The van der Waals surface area contributed by atoms with Crippen molar-refractivity contribution in [3.8, 4) is 0 Å². The first-order valence-corrected chi connectivity index (χ1v) is 9.06. The van der Waals surface area contributed by atoms with Crippen molar-refractivity contribution in [3.05, 3.63) is 65.6 Å². The van der Waals surface area contributed by atoms with Gasteiger partial charge in [0.05, 0.1) is 18.7 Å². The highest BCUT2D eigenvalue weighted by atomic mass is 19.1. The van der Waals surface area contributed by atoms with Gasteiger partial charge in [0.2, 0.25) is 0 Å². The van der Waals surface area contributed by atoms with E-state index in [1.165, 1.54) is 6.07 Å². The van der Waals surface area contributed by atoms with Gasteiger partial charge in [0, 0.05) is 37.8 Å². The number of ether oxygens (including phenoxy) is 1. The van der Waals surface area contributed by atoms with Crippen LogP contribution in [0, 0.1) is 5.82 Å². The molecule has 3 aromatic rings. The Morgan fingerprint density at radius 3 is 2.70 bits per heavy atom. The number of hydrogen-bond donors (Lipinski definition) is 1. The fraction of sp³-hybridized carbons (Fsp3) is 0.286. The van der Waals surface area contributed by atoms with Gasteiger partial charge in [-0.05, 0) is 35.9 Å². The van der Waals surface area contributed by atoms with Crippen molar-refractivity contribution in [2.75, 3.05) is 31.6 Å². The number of nitrogens with one attached hydrogen (secondary N) is 1. The molecule has 1 fully saturated rings. The second-order valence-electron chi connectivity index (χ2n) is 6.80. The lowest BCUT2D eigenvalue weighted by Crippen LogP contribution is -2.35. The van der Waals surface area contributed by atoms with Crippen molar-refractivity contribution in [2.24, 2.45) is 7.05 Å². The van der Waals surface area contributed by atoms with E-state index in [-0.39, 0.29) is 11.7 Å². The molecule has 1 aromatic heterocycles. The first kappa shape index (κ1) is 17.7. The minimum Gasteiger partial charge on any atom is -0.379 e. The number of nitrogens with zero attached hydrogens (tertiary/aromatic N) is 2. The van der Waals surface area contributed by atoms with Crippen LogP contribution in [-0.4, -0.2) is 41.7 Å². The summed E-state index contributed by atoms with van der Waals surface area (Å²) >= 11 is 0. The molecule has 27 heavy (non-hydrogen) atoms. The van der Waals surface area contributed by atoms with Crippen LogP contribution in [-0.2, 0) is 18.3 Å². The third-order valence-electron chi connectivity index (χ3n) is 4.96. The van der Waals surface area contributed by atoms with Crippen molar-refractivity contribution in [1.29, 1.82) is 0 Å². The number of carbonyl (C=O) groups excluding carboxylic acids is 1. The molecule has 0 atom stereocenters. The van der Waals surface area contributed by atoms with Crippen molar-refractivity contribution in [3.63, 3.8) is 0 Å². The van der Waals surface area contributed by atoms with Gasteiger partial charge in [0.1, 0.15) is 11.5 Å². The first-order valence-electron chi connectivity index (χ1n) is 9.06. The zero-order valence-corrected chi connectivity index (χ0v) is 15.2.